The maximum absolute atomic E-state index is 12.7. The number of hydrogen-bond acceptors (Lipinski definition) is 6. The summed E-state index contributed by atoms with van der Waals surface area (Å²) in [7, 11) is 0. The molecule has 2 aromatic heterocycles. The van der Waals surface area contributed by atoms with Crippen LogP contribution in [-0.4, -0.2) is 26.8 Å². The topological polar surface area (TPSA) is 99.0 Å². The number of carbonyl (C=O) groups is 1. The van der Waals surface area contributed by atoms with Gasteiger partial charge < -0.3 is 15.6 Å². The summed E-state index contributed by atoms with van der Waals surface area (Å²) < 4.78 is 6.67. The zero-order valence-electron chi connectivity index (χ0n) is 13.3. The van der Waals surface area contributed by atoms with Crippen LogP contribution < -0.4 is 11.2 Å². The number of nitrogens with one attached hydrogen (secondary N) is 1. The summed E-state index contributed by atoms with van der Waals surface area (Å²) >= 11 is 1.28. The van der Waals surface area contributed by atoms with E-state index in [-0.39, 0.29) is 11.9 Å². The Kier molecular flexibility index (Phi) is 4.19. The number of aromatic nitrogens is 3. The van der Waals surface area contributed by atoms with Crippen molar-refractivity contribution in [2.45, 2.75) is 29.3 Å². The third-order valence-corrected chi connectivity index (χ3v) is 5.10. The van der Waals surface area contributed by atoms with E-state index in [2.05, 4.69) is 15.5 Å². The lowest BCUT2D eigenvalue weighted by Gasteiger charge is -2.16. The van der Waals surface area contributed by atoms with Gasteiger partial charge in [-0.25, -0.2) is 4.68 Å². The monoisotopic (exact) mass is 355 g/mol. The quantitative estimate of drug-likeness (QED) is 0.520. The van der Waals surface area contributed by atoms with E-state index >= 15 is 0 Å². The Morgan fingerprint density at radius 1 is 1.24 bits per heavy atom. The van der Waals surface area contributed by atoms with E-state index in [0.717, 1.165) is 18.4 Å². The molecule has 1 unspecified atom stereocenters. The van der Waals surface area contributed by atoms with Gasteiger partial charge in [-0.2, -0.15) is 0 Å². The van der Waals surface area contributed by atoms with Crippen LogP contribution in [0.4, 0.5) is 0 Å². The van der Waals surface area contributed by atoms with E-state index in [1.54, 1.807) is 18.4 Å². The standard InChI is InChI=1S/C17H17N5O2S/c18-22-15(13-7-4-10-24-13)20-21-17(22)25-14(11-5-2-1-3-6-11)16(23)19-12-8-9-12/h1-7,10,12,14H,8-9,18H2,(H,19,23). The lowest BCUT2D eigenvalue weighted by Crippen LogP contribution is -2.30. The van der Waals surface area contributed by atoms with Crippen molar-refractivity contribution in [1.82, 2.24) is 20.2 Å². The molecular formula is C17H17N5O2S. The number of carbonyl (C=O) groups excluding carboxylic acids is 1. The summed E-state index contributed by atoms with van der Waals surface area (Å²) in [5.41, 5.74) is 0.896. The highest BCUT2D eigenvalue weighted by molar-refractivity contribution is 8.00. The molecular weight excluding hydrogens is 338 g/mol. The molecule has 1 aromatic carbocycles. The second-order valence-corrected chi connectivity index (χ2v) is 6.92. The summed E-state index contributed by atoms with van der Waals surface area (Å²) in [6, 6.07) is 13.4. The summed E-state index contributed by atoms with van der Waals surface area (Å²) in [4.78, 5) is 12.7. The predicted octanol–water partition coefficient (Wildman–Crippen LogP) is 2.36. The summed E-state index contributed by atoms with van der Waals surface area (Å²) in [5.74, 6) is 7.02. The van der Waals surface area contributed by atoms with Crippen molar-refractivity contribution in [2.75, 3.05) is 5.84 Å². The summed E-state index contributed by atoms with van der Waals surface area (Å²) in [6.07, 6.45) is 3.62. The molecule has 128 valence electrons. The van der Waals surface area contributed by atoms with E-state index in [4.69, 9.17) is 10.3 Å². The Hall–Kier alpha value is -2.74. The molecule has 1 aliphatic carbocycles. The molecule has 1 atom stereocenters. The molecule has 0 saturated heterocycles. The summed E-state index contributed by atoms with van der Waals surface area (Å²) in [5, 5.41) is 11.3. The molecule has 25 heavy (non-hydrogen) atoms. The van der Waals surface area contributed by atoms with Gasteiger partial charge in [0, 0.05) is 6.04 Å². The van der Waals surface area contributed by atoms with Gasteiger partial charge in [0.05, 0.1) is 6.26 Å². The van der Waals surface area contributed by atoms with Crippen molar-refractivity contribution < 1.29 is 9.21 Å². The van der Waals surface area contributed by atoms with Crippen LogP contribution in [0.2, 0.25) is 0 Å². The normalized spacial score (nSPS) is 15.0. The highest BCUT2D eigenvalue weighted by atomic mass is 32.2. The molecule has 1 fully saturated rings. The van der Waals surface area contributed by atoms with Crippen molar-refractivity contribution in [2.24, 2.45) is 0 Å². The second kappa shape index (κ2) is 6.64. The van der Waals surface area contributed by atoms with Gasteiger partial charge in [-0.15, -0.1) is 10.2 Å². The summed E-state index contributed by atoms with van der Waals surface area (Å²) in [6.45, 7) is 0. The number of furan rings is 1. The fourth-order valence-electron chi connectivity index (χ4n) is 2.44. The van der Waals surface area contributed by atoms with Crippen molar-refractivity contribution in [3.05, 3.63) is 54.3 Å². The second-order valence-electron chi connectivity index (χ2n) is 5.84. The van der Waals surface area contributed by atoms with Gasteiger partial charge in [-0.1, -0.05) is 42.1 Å². The molecule has 0 aliphatic heterocycles. The number of nitrogens with two attached hydrogens (primary N) is 1. The molecule has 0 bridgehead atoms. The zero-order valence-corrected chi connectivity index (χ0v) is 14.1. The maximum Gasteiger partial charge on any atom is 0.238 e. The van der Waals surface area contributed by atoms with E-state index in [9.17, 15) is 4.79 Å². The zero-order chi connectivity index (χ0) is 17.2. The number of nitrogen functional groups attached to an aromatic ring is 1. The Morgan fingerprint density at radius 2 is 2.04 bits per heavy atom. The van der Waals surface area contributed by atoms with Gasteiger partial charge in [0.15, 0.2) is 5.76 Å². The molecule has 8 heteroatoms. The van der Waals surface area contributed by atoms with E-state index in [1.807, 2.05) is 30.3 Å². The van der Waals surface area contributed by atoms with Crippen molar-refractivity contribution in [3.8, 4) is 11.6 Å². The fraction of sp³-hybridized carbons (Fsp3) is 0.235. The van der Waals surface area contributed by atoms with Crippen LogP contribution in [0.5, 0.6) is 0 Å². The number of amides is 1. The third kappa shape index (κ3) is 3.39. The highest BCUT2D eigenvalue weighted by Crippen LogP contribution is 2.36. The smallest absolute Gasteiger partial charge is 0.238 e. The Morgan fingerprint density at radius 3 is 2.72 bits per heavy atom. The van der Waals surface area contributed by atoms with Gasteiger partial charge in [-0.3, -0.25) is 4.79 Å². The van der Waals surface area contributed by atoms with E-state index in [1.165, 1.54) is 16.4 Å². The molecule has 1 amide bonds. The van der Waals surface area contributed by atoms with Crippen LogP contribution in [0.1, 0.15) is 23.7 Å². The molecule has 1 aliphatic rings. The number of rotatable bonds is 6. The average Bonchev–Trinajstić information content (AvgIpc) is 3.14. The molecule has 1 saturated carbocycles. The largest absolute Gasteiger partial charge is 0.461 e. The van der Waals surface area contributed by atoms with Crippen LogP contribution in [0.3, 0.4) is 0 Å². The number of nitrogens with zero attached hydrogens (tertiary/aromatic N) is 3. The van der Waals surface area contributed by atoms with E-state index in [0.29, 0.717) is 16.7 Å². The molecule has 2 heterocycles. The lowest BCUT2D eigenvalue weighted by molar-refractivity contribution is -0.120. The molecule has 0 radical (unpaired) electrons. The molecule has 7 nitrogen and oxygen atoms in total. The minimum Gasteiger partial charge on any atom is -0.461 e. The molecule has 3 N–H and O–H groups in total. The minimum atomic E-state index is -0.447. The van der Waals surface area contributed by atoms with Crippen LogP contribution in [0.25, 0.3) is 11.6 Å². The van der Waals surface area contributed by atoms with Gasteiger partial charge in [0.2, 0.25) is 16.9 Å². The number of hydrogen-bond donors (Lipinski definition) is 2. The number of benzene rings is 1. The third-order valence-electron chi connectivity index (χ3n) is 3.89. The van der Waals surface area contributed by atoms with Crippen LogP contribution in [0.15, 0.2) is 58.3 Å². The first-order chi connectivity index (χ1) is 12.2. The first-order valence-electron chi connectivity index (χ1n) is 7.98. The first-order valence-corrected chi connectivity index (χ1v) is 8.86. The minimum absolute atomic E-state index is 0.0405. The van der Waals surface area contributed by atoms with Gasteiger partial charge >= 0.3 is 0 Å². The Bertz CT molecular complexity index is 859. The predicted molar refractivity (Wildman–Crippen MR) is 94.1 cm³/mol. The molecule has 4 rings (SSSR count). The van der Waals surface area contributed by atoms with Gasteiger partial charge in [0.1, 0.15) is 5.25 Å². The van der Waals surface area contributed by atoms with Crippen LogP contribution in [0, 0.1) is 0 Å². The Labute approximate surface area is 148 Å². The molecule has 3 aromatic rings. The lowest BCUT2D eigenvalue weighted by atomic mass is 10.1. The first kappa shape index (κ1) is 15.8. The van der Waals surface area contributed by atoms with Crippen LogP contribution >= 0.6 is 11.8 Å². The maximum atomic E-state index is 12.7. The van der Waals surface area contributed by atoms with Crippen molar-refractivity contribution in [3.63, 3.8) is 0 Å². The average molecular weight is 355 g/mol. The van der Waals surface area contributed by atoms with Crippen molar-refractivity contribution in [1.29, 1.82) is 0 Å². The molecule has 0 spiro atoms. The van der Waals surface area contributed by atoms with Crippen LogP contribution in [-0.2, 0) is 4.79 Å². The highest BCUT2D eigenvalue weighted by Gasteiger charge is 2.30. The van der Waals surface area contributed by atoms with Gasteiger partial charge in [-0.05, 0) is 30.5 Å². The van der Waals surface area contributed by atoms with Crippen molar-refractivity contribution >= 4 is 17.7 Å². The SMILES string of the molecule is Nn1c(SC(C(=O)NC2CC2)c2ccccc2)nnc1-c1ccco1. The van der Waals surface area contributed by atoms with Gasteiger partial charge in [0.25, 0.3) is 0 Å². The Balaban J connectivity index is 1.61. The fourth-order valence-corrected chi connectivity index (χ4v) is 3.41. The van der Waals surface area contributed by atoms with E-state index < -0.39 is 5.25 Å². The number of thioether (sulfide) groups is 1.